The van der Waals surface area contributed by atoms with Crippen LogP contribution in [0.25, 0.3) is 0 Å². The molecule has 0 aromatic heterocycles. The van der Waals surface area contributed by atoms with Gasteiger partial charge in [-0.2, -0.15) is 0 Å². The summed E-state index contributed by atoms with van der Waals surface area (Å²) in [6, 6.07) is 14.9. The van der Waals surface area contributed by atoms with Crippen LogP contribution in [0.4, 0.5) is 0 Å². The van der Waals surface area contributed by atoms with Crippen molar-refractivity contribution in [2.45, 2.75) is 19.9 Å². The highest BCUT2D eigenvalue weighted by Gasteiger charge is 2.09. The highest BCUT2D eigenvalue weighted by molar-refractivity contribution is 6.31. The maximum atomic E-state index is 11.7. The van der Waals surface area contributed by atoms with Crippen LogP contribution in [0.1, 0.15) is 16.7 Å². The van der Waals surface area contributed by atoms with Crippen molar-refractivity contribution in [1.29, 1.82) is 0 Å². The first kappa shape index (κ1) is 17.0. The Hall–Kier alpha value is -2.33. The molecule has 23 heavy (non-hydrogen) atoms. The first-order chi connectivity index (χ1) is 11.0. The van der Waals surface area contributed by atoms with E-state index in [1.165, 1.54) is 0 Å². The molecule has 0 aliphatic rings. The summed E-state index contributed by atoms with van der Waals surface area (Å²) < 4.78 is 4.98. The zero-order valence-electron chi connectivity index (χ0n) is 12.8. The van der Waals surface area contributed by atoms with E-state index in [0.29, 0.717) is 11.6 Å². The van der Waals surface area contributed by atoms with Gasteiger partial charge in [0.2, 0.25) is 0 Å². The molecule has 1 N–H and O–H groups in total. The van der Waals surface area contributed by atoms with Gasteiger partial charge in [-0.1, -0.05) is 59.6 Å². The van der Waals surface area contributed by atoms with Crippen LogP contribution in [0, 0.1) is 6.92 Å². The number of amides is 1. The minimum atomic E-state index is -0.427. The minimum absolute atomic E-state index is 0.152. The lowest BCUT2D eigenvalue weighted by Gasteiger charge is -2.08. The standard InChI is InChI=1S/C18H18ClNO3/c1-13-5-4-6-14(9-13)10-18(22)23-12-17(21)20-11-15-7-2-3-8-16(15)19/h2-9H,10-12H2,1H3,(H,20,21). The Morgan fingerprint density at radius 3 is 2.65 bits per heavy atom. The summed E-state index contributed by atoms with van der Waals surface area (Å²) >= 11 is 6.00. The summed E-state index contributed by atoms with van der Waals surface area (Å²) in [4.78, 5) is 23.4. The first-order valence-corrected chi connectivity index (χ1v) is 7.63. The van der Waals surface area contributed by atoms with E-state index < -0.39 is 5.97 Å². The van der Waals surface area contributed by atoms with E-state index in [1.54, 1.807) is 6.07 Å². The highest BCUT2D eigenvalue weighted by Crippen LogP contribution is 2.14. The first-order valence-electron chi connectivity index (χ1n) is 7.26. The van der Waals surface area contributed by atoms with E-state index in [0.717, 1.165) is 16.7 Å². The molecule has 0 spiro atoms. The van der Waals surface area contributed by atoms with Crippen LogP contribution < -0.4 is 5.32 Å². The number of esters is 1. The molecular formula is C18H18ClNO3. The number of ether oxygens (including phenoxy) is 1. The fourth-order valence-corrected chi connectivity index (χ4v) is 2.27. The molecule has 0 unspecified atom stereocenters. The number of carbonyl (C=O) groups excluding carboxylic acids is 2. The normalized spacial score (nSPS) is 10.2. The van der Waals surface area contributed by atoms with Gasteiger partial charge in [0.15, 0.2) is 6.61 Å². The van der Waals surface area contributed by atoms with Gasteiger partial charge in [-0.25, -0.2) is 0 Å². The smallest absolute Gasteiger partial charge is 0.310 e. The van der Waals surface area contributed by atoms with Crippen molar-refractivity contribution in [2.75, 3.05) is 6.61 Å². The van der Waals surface area contributed by atoms with Crippen LogP contribution in [0.15, 0.2) is 48.5 Å². The van der Waals surface area contributed by atoms with Crippen LogP contribution in [-0.4, -0.2) is 18.5 Å². The predicted octanol–water partition coefficient (Wildman–Crippen LogP) is 3.05. The van der Waals surface area contributed by atoms with Gasteiger partial charge in [0.25, 0.3) is 5.91 Å². The van der Waals surface area contributed by atoms with Gasteiger partial charge >= 0.3 is 5.97 Å². The molecule has 0 saturated heterocycles. The molecule has 0 radical (unpaired) electrons. The fourth-order valence-electron chi connectivity index (χ4n) is 2.07. The van der Waals surface area contributed by atoms with E-state index >= 15 is 0 Å². The molecule has 5 heteroatoms. The average molecular weight is 332 g/mol. The summed E-state index contributed by atoms with van der Waals surface area (Å²) in [6.45, 7) is 1.96. The van der Waals surface area contributed by atoms with E-state index in [-0.39, 0.29) is 18.9 Å². The van der Waals surface area contributed by atoms with Crippen molar-refractivity contribution in [2.24, 2.45) is 0 Å². The van der Waals surface area contributed by atoms with Gasteiger partial charge in [0, 0.05) is 11.6 Å². The molecule has 0 aliphatic heterocycles. The third kappa shape index (κ3) is 5.75. The number of rotatable bonds is 6. The van der Waals surface area contributed by atoms with E-state index in [2.05, 4.69) is 5.32 Å². The summed E-state index contributed by atoms with van der Waals surface area (Å²) in [7, 11) is 0. The Morgan fingerprint density at radius 2 is 1.91 bits per heavy atom. The molecule has 2 aromatic carbocycles. The number of nitrogens with one attached hydrogen (secondary N) is 1. The van der Waals surface area contributed by atoms with E-state index in [1.807, 2.05) is 49.4 Å². The lowest BCUT2D eigenvalue weighted by molar-refractivity contribution is -0.147. The Balaban J connectivity index is 1.74. The molecule has 0 atom stereocenters. The van der Waals surface area contributed by atoms with Crippen molar-refractivity contribution in [3.8, 4) is 0 Å². The molecule has 0 fully saturated rings. The summed E-state index contributed by atoms with van der Waals surface area (Å²) in [5.41, 5.74) is 2.76. The van der Waals surface area contributed by atoms with Gasteiger partial charge in [0.05, 0.1) is 6.42 Å². The van der Waals surface area contributed by atoms with Crippen LogP contribution in [0.5, 0.6) is 0 Å². The second-order valence-corrected chi connectivity index (χ2v) is 5.60. The zero-order valence-corrected chi connectivity index (χ0v) is 13.6. The molecule has 1 amide bonds. The number of aryl methyl sites for hydroxylation is 1. The summed E-state index contributed by atoms with van der Waals surface area (Å²) in [5.74, 6) is -0.786. The van der Waals surface area contributed by atoms with E-state index in [4.69, 9.17) is 16.3 Å². The van der Waals surface area contributed by atoms with Crippen molar-refractivity contribution in [3.63, 3.8) is 0 Å². The topological polar surface area (TPSA) is 55.4 Å². The van der Waals surface area contributed by atoms with E-state index in [9.17, 15) is 9.59 Å². The third-order valence-electron chi connectivity index (χ3n) is 3.23. The number of halogens is 1. The summed E-state index contributed by atoms with van der Waals surface area (Å²) in [5, 5.41) is 3.25. The predicted molar refractivity (Wildman–Crippen MR) is 89.1 cm³/mol. The lowest BCUT2D eigenvalue weighted by atomic mass is 10.1. The number of benzene rings is 2. The number of carbonyl (C=O) groups is 2. The molecule has 2 rings (SSSR count). The van der Waals surface area contributed by atoms with Crippen molar-refractivity contribution >= 4 is 23.5 Å². The van der Waals surface area contributed by atoms with Gasteiger partial charge in [-0.15, -0.1) is 0 Å². The molecule has 0 heterocycles. The lowest BCUT2D eigenvalue weighted by Crippen LogP contribution is -2.28. The average Bonchev–Trinajstić information content (AvgIpc) is 2.52. The van der Waals surface area contributed by atoms with Gasteiger partial charge in [0.1, 0.15) is 0 Å². The molecule has 0 saturated carbocycles. The Bertz CT molecular complexity index is 700. The van der Waals surface area contributed by atoms with Crippen molar-refractivity contribution in [1.82, 2.24) is 5.32 Å². The molecule has 2 aromatic rings. The molecule has 120 valence electrons. The second kappa shape index (κ2) is 8.34. The largest absolute Gasteiger partial charge is 0.455 e. The Kier molecular flexibility index (Phi) is 6.18. The Labute approximate surface area is 140 Å². The zero-order chi connectivity index (χ0) is 16.7. The fraction of sp³-hybridized carbons (Fsp3) is 0.222. The van der Waals surface area contributed by atoms with Crippen LogP contribution in [0.2, 0.25) is 5.02 Å². The monoisotopic (exact) mass is 331 g/mol. The molecular weight excluding hydrogens is 314 g/mol. The summed E-state index contributed by atoms with van der Waals surface area (Å²) in [6.07, 6.45) is 0.152. The maximum Gasteiger partial charge on any atom is 0.310 e. The number of hydrogen-bond acceptors (Lipinski definition) is 3. The Morgan fingerprint density at radius 1 is 1.13 bits per heavy atom. The third-order valence-corrected chi connectivity index (χ3v) is 3.60. The van der Waals surface area contributed by atoms with Gasteiger partial charge in [-0.05, 0) is 24.1 Å². The SMILES string of the molecule is Cc1cccc(CC(=O)OCC(=O)NCc2ccccc2Cl)c1. The number of hydrogen-bond donors (Lipinski definition) is 1. The molecule has 0 aliphatic carbocycles. The van der Waals surface area contributed by atoms with Crippen LogP contribution in [0.3, 0.4) is 0 Å². The highest BCUT2D eigenvalue weighted by atomic mass is 35.5. The maximum absolute atomic E-state index is 11.7. The van der Waals surface area contributed by atoms with Crippen molar-refractivity contribution in [3.05, 3.63) is 70.2 Å². The second-order valence-electron chi connectivity index (χ2n) is 5.19. The molecule has 4 nitrogen and oxygen atoms in total. The minimum Gasteiger partial charge on any atom is -0.455 e. The molecule has 0 bridgehead atoms. The van der Waals surface area contributed by atoms with Gasteiger partial charge in [-0.3, -0.25) is 9.59 Å². The van der Waals surface area contributed by atoms with Crippen LogP contribution in [-0.2, 0) is 27.3 Å². The van der Waals surface area contributed by atoms with Crippen LogP contribution >= 0.6 is 11.6 Å². The van der Waals surface area contributed by atoms with Crippen molar-refractivity contribution < 1.29 is 14.3 Å². The van der Waals surface area contributed by atoms with Gasteiger partial charge < -0.3 is 10.1 Å². The quantitative estimate of drug-likeness (QED) is 0.828.